The molecule has 35 heavy (non-hydrogen) atoms. The van der Waals surface area contributed by atoms with Crippen molar-refractivity contribution in [3.63, 3.8) is 0 Å². The summed E-state index contributed by atoms with van der Waals surface area (Å²) in [7, 11) is 2.18. The summed E-state index contributed by atoms with van der Waals surface area (Å²) in [5.41, 5.74) is 6.54. The molecule has 8 nitrogen and oxygen atoms in total. The summed E-state index contributed by atoms with van der Waals surface area (Å²) >= 11 is 1.56. The van der Waals surface area contributed by atoms with Crippen molar-refractivity contribution >= 4 is 33.1 Å². The van der Waals surface area contributed by atoms with E-state index >= 15 is 0 Å². The molecule has 0 bridgehead atoms. The fourth-order valence-corrected chi connectivity index (χ4v) is 6.25. The molecule has 2 atom stereocenters. The Hall–Kier alpha value is -2.33. The third-order valence-electron chi connectivity index (χ3n) is 7.36. The van der Waals surface area contributed by atoms with Gasteiger partial charge in [0.05, 0.1) is 35.3 Å². The first kappa shape index (κ1) is 23.1. The van der Waals surface area contributed by atoms with E-state index < -0.39 is 0 Å². The lowest BCUT2D eigenvalue weighted by Gasteiger charge is -2.34. The van der Waals surface area contributed by atoms with Gasteiger partial charge in [0.15, 0.2) is 6.23 Å². The zero-order valence-corrected chi connectivity index (χ0v) is 21.7. The lowest BCUT2D eigenvalue weighted by atomic mass is 9.99. The van der Waals surface area contributed by atoms with Gasteiger partial charge in [0.2, 0.25) is 0 Å². The maximum absolute atomic E-state index is 6.11. The summed E-state index contributed by atoms with van der Waals surface area (Å²) in [6.45, 7) is 9.38. The first-order chi connectivity index (χ1) is 17.1. The fraction of sp³-hybridized carbons (Fsp3) is 0.577. The Morgan fingerprint density at radius 2 is 2.06 bits per heavy atom. The first-order valence-corrected chi connectivity index (χ1v) is 13.6. The number of hydrogen-bond donors (Lipinski definition) is 0. The number of hydrogen-bond acceptors (Lipinski definition) is 8. The fourth-order valence-electron chi connectivity index (χ4n) is 5.37. The zero-order valence-electron chi connectivity index (χ0n) is 20.9. The van der Waals surface area contributed by atoms with E-state index in [0.29, 0.717) is 0 Å². The van der Waals surface area contributed by atoms with Crippen LogP contribution in [0.25, 0.3) is 27.2 Å². The molecule has 0 spiro atoms. The third-order valence-corrected chi connectivity index (χ3v) is 8.23. The summed E-state index contributed by atoms with van der Waals surface area (Å²) < 4.78 is 20.0. The number of fused-ring (bicyclic) bond motifs is 1. The highest BCUT2D eigenvalue weighted by Crippen LogP contribution is 2.40. The van der Waals surface area contributed by atoms with Crippen LogP contribution in [-0.2, 0) is 9.47 Å². The number of likely N-dealkylation sites (N-methyl/N-ethyl adjacent to an activating group) is 1. The summed E-state index contributed by atoms with van der Waals surface area (Å²) in [6.07, 6.45) is 6.61. The molecule has 0 amide bonds. The van der Waals surface area contributed by atoms with Crippen molar-refractivity contribution in [1.29, 1.82) is 0 Å². The van der Waals surface area contributed by atoms with Gasteiger partial charge in [-0.2, -0.15) is 9.47 Å². The van der Waals surface area contributed by atoms with Gasteiger partial charge < -0.3 is 19.3 Å². The molecular formula is C26H34N6O2S. The Labute approximate surface area is 210 Å². The van der Waals surface area contributed by atoms with Crippen LogP contribution in [0.15, 0.2) is 18.2 Å². The molecule has 6 heterocycles. The smallest absolute Gasteiger partial charge is 0.150 e. The molecule has 0 aliphatic carbocycles. The minimum absolute atomic E-state index is 0.0392. The van der Waals surface area contributed by atoms with Crippen LogP contribution in [0.3, 0.4) is 0 Å². The summed E-state index contributed by atoms with van der Waals surface area (Å²) in [4.78, 5) is 9.99. The largest absolute Gasteiger partial charge is 0.377 e. The van der Waals surface area contributed by atoms with Crippen LogP contribution in [0.2, 0.25) is 0 Å². The van der Waals surface area contributed by atoms with Crippen molar-refractivity contribution < 1.29 is 9.47 Å². The van der Waals surface area contributed by atoms with Gasteiger partial charge in [0, 0.05) is 31.8 Å². The van der Waals surface area contributed by atoms with Crippen molar-refractivity contribution in [2.45, 2.75) is 51.8 Å². The zero-order chi connectivity index (χ0) is 23.9. The van der Waals surface area contributed by atoms with Gasteiger partial charge in [-0.15, -0.1) is 0 Å². The molecule has 1 unspecified atom stereocenters. The summed E-state index contributed by atoms with van der Waals surface area (Å²) in [5, 5.41) is 4.83. The van der Waals surface area contributed by atoms with Crippen molar-refractivity contribution in [2.75, 3.05) is 51.4 Å². The van der Waals surface area contributed by atoms with Crippen molar-refractivity contribution in [2.24, 2.45) is 0 Å². The highest BCUT2D eigenvalue weighted by molar-refractivity contribution is 7.14. The predicted molar refractivity (Wildman–Crippen MR) is 140 cm³/mol. The molecule has 6 rings (SSSR count). The number of nitrogens with zero attached hydrogens (tertiary/aromatic N) is 6. The highest BCUT2D eigenvalue weighted by atomic mass is 32.1. The quantitative estimate of drug-likeness (QED) is 0.529. The van der Waals surface area contributed by atoms with Gasteiger partial charge >= 0.3 is 0 Å². The van der Waals surface area contributed by atoms with E-state index in [4.69, 9.17) is 23.9 Å². The van der Waals surface area contributed by atoms with Gasteiger partial charge in [0.1, 0.15) is 17.0 Å². The predicted octanol–water partition coefficient (Wildman–Crippen LogP) is 4.51. The normalized spacial score (nSPS) is 24.2. The standard InChI is InChI=1S/C26H34N6O2S/c1-17-14-21(32(28-17)23-6-4-5-12-34-23)24-25-26(35-29-24)20(19-7-9-30(3)10-8-19)15-22(27-25)31-11-13-33-16-18(31)2/h7,14-15,18,23H,4-6,8-13,16H2,1-3H3/t18-,23?/m1/s1. The van der Waals surface area contributed by atoms with Crippen LogP contribution in [0.1, 0.15) is 50.1 Å². The maximum atomic E-state index is 6.11. The van der Waals surface area contributed by atoms with Crippen LogP contribution in [0, 0.1) is 6.92 Å². The lowest BCUT2D eigenvalue weighted by molar-refractivity contribution is -0.0385. The number of anilines is 1. The molecule has 3 aromatic heterocycles. The van der Waals surface area contributed by atoms with Gasteiger partial charge in [-0.1, -0.05) is 6.08 Å². The second-order valence-corrected chi connectivity index (χ2v) is 10.8. The van der Waals surface area contributed by atoms with E-state index in [9.17, 15) is 0 Å². The molecule has 3 aliphatic heterocycles. The summed E-state index contributed by atoms with van der Waals surface area (Å²) in [6, 6.07) is 4.70. The van der Waals surface area contributed by atoms with Crippen LogP contribution >= 0.6 is 11.5 Å². The Morgan fingerprint density at radius 1 is 1.14 bits per heavy atom. The molecule has 9 heteroatoms. The Morgan fingerprint density at radius 3 is 2.83 bits per heavy atom. The number of aromatic nitrogens is 4. The number of pyridine rings is 1. The summed E-state index contributed by atoms with van der Waals surface area (Å²) in [5.74, 6) is 1.02. The Kier molecular flexibility index (Phi) is 6.34. The lowest BCUT2D eigenvalue weighted by Crippen LogP contribution is -2.44. The van der Waals surface area contributed by atoms with Crippen molar-refractivity contribution in [3.8, 4) is 11.4 Å². The number of rotatable bonds is 4. The van der Waals surface area contributed by atoms with Gasteiger partial charge in [-0.25, -0.2) is 9.67 Å². The molecule has 0 N–H and O–H groups in total. The SMILES string of the molecule is Cc1cc(-c2nsc3c(C4=CCN(C)CC4)cc(N4CCOC[C@H]4C)nc23)n(C2CCCCO2)n1. The molecule has 0 aromatic carbocycles. The molecule has 2 fully saturated rings. The van der Waals surface area contributed by atoms with Crippen LogP contribution in [-0.4, -0.2) is 76.6 Å². The van der Waals surface area contributed by atoms with E-state index in [1.807, 2.05) is 11.6 Å². The second-order valence-electron chi connectivity index (χ2n) is 10.0. The van der Waals surface area contributed by atoms with Crippen LogP contribution < -0.4 is 4.90 Å². The second kappa shape index (κ2) is 9.61. The molecule has 3 aromatic rings. The minimum Gasteiger partial charge on any atom is -0.377 e. The van der Waals surface area contributed by atoms with E-state index in [0.717, 1.165) is 98.3 Å². The molecule has 0 radical (unpaired) electrons. The molecule has 3 aliphatic rings. The number of ether oxygens (including phenoxy) is 2. The first-order valence-electron chi connectivity index (χ1n) is 12.8. The average Bonchev–Trinajstić information content (AvgIpc) is 3.48. The van der Waals surface area contributed by atoms with Crippen molar-refractivity contribution in [1.82, 2.24) is 24.0 Å². The number of aryl methyl sites for hydroxylation is 1. The van der Waals surface area contributed by atoms with Crippen molar-refractivity contribution in [3.05, 3.63) is 29.5 Å². The van der Waals surface area contributed by atoms with E-state index in [2.05, 4.69) is 42.0 Å². The molecule has 186 valence electrons. The Balaban J connectivity index is 1.51. The minimum atomic E-state index is -0.0392. The molecular weight excluding hydrogens is 460 g/mol. The maximum Gasteiger partial charge on any atom is 0.150 e. The van der Waals surface area contributed by atoms with E-state index in [1.165, 1.54) is 11.1 Å². The topological polar surface area (TPSA) is 68.5 Å². The van der Waals surface area contributed by atoms with Crippen LogP contribution in [0.4, 0.5) is 5.82 Å². The van der Waals surface area contributed by atoms with Crippen LogP contribution in [0.5, 0.6) is 0 Å². The van der Waals surface area contributed by atoms with E-state index in [1.54, 1.807) is 11.5 Å². The molecule has 0 saturated carbocycles. The average molecular weight is 495 g/mol. The van der Waals surface area contributed by atoms with Gasteiger partial charge in [-0.3, -0.25) is 0 Å². The molecule has 2 saturated heterocycles. The van der Waals surface area contributed by atoms with E-state index in [-0.39, 0.29) is 12.3 Å². The number of morpholine rings is 1. The van der Waals surface area contributed by atoms with Gasteiger partial charge in [-0.05, 0) is 75.8 Å². The monoisotopic (exact) mass is 494 g/mol. The highest BCUT2D eigenvalue weighted by Gasteiger charge is 2.27. The Bertz CT molecular complexity index is 1240. The third kappa shape index (κ3) is 4.39. The van der Waals surface area contributed by atoms with Gasteiger partial charge in [0.25, 0.3) is 0 Å².